The number of likely N-dealkylation sites (N-methyl/N-ethyl adjacent to an activating group) is 1. The van der Waals surface area contributed by atoms with E-state index in [1.807, 2.05) is 0 Å². The smallest absolute Gasteiger partial charge is 0.225 e. The molecule has 0 bridgehead atoms. The van der Waals surface area contributed by atoms with Crippen LogP contribution in [0.5, 0.6) is 0 Å². The monoisotopic (exact) mass is 323 g/mol. The largest absolute Gasteiger partial charge is 0.389 e. The highest BCUT2D eigenvalue weighted by Crippen LogP contribution is 2.21. The first-order chi connectivity index (χ1) is 11.0. The summed E-state index contributed by atoms with van der Waals surface area (Å²) >= 11 is 0. The molecule has 1 amide bonds. The molecule has 2 rings (SSSR count). The van der Waals surface area contributed by atoms with Crippen LogP contribution < -0.4 is 5.32 Å². The van der Waals surface area contributed by atoms with E-state index in [2.05, 4.69) is 22.0 Å². The molecule has 6 heteroatoms. The molecule has 1 saturated heterocycles. The average molecular weight is 323 g/mol. The zero-order valence-electron chi connectivity index (χ0n) is 13.9. The first-order valence-electron chi connectivity index (χ1n) is 8.21. The Bertz CT molecular complexity index is 529. The van der Waals surface area contributed by atoms with Crippen molar-refractivity contribution in [1.82, 2.24) is 9.80 Å². The summed E-state index contributed by atoms with van der Waals surface area (Å²) in [6, 6.07) is 4.26. The second-order valence-corrected chi connectivity index (χ2v) is 5.99. The van der Waals surface area contributed by atoms with Crippen molar-refractivity contribution in [1.29, 1.82) is 0 Å². The maximum Gasteiger partial charge on any atom is 0.225 e. The van der Waals surface area contributed by atoms with Gasteiger partial charge >= 0.3 is 0 Å². The van der Waals surface area contributed by atoms with Crippen LogP contribution in [-0.4, -0.2) is 60.1 Å². The third-order valence-corrected chi connectivity index (χ3v) is 4.30. The van der Waals surface area contributed by atoms with Crippen molar-refractivity contribution in [2.75, 3.05) is 44.6 Å². The van der Waals surface area contributed by atoms with Gasteiger partial charge in [-0.05, 0) is 31.7 Å². The zero-order valence-corrected chi connectivity index (χ0v) is 13.9. The lowest BCUT2D eigenvalue weighted by Crippen LogP contribution is -2.46. The Morgan fingerprint density at radius 3 is 2.57 bits per heavy atom. The fourth-order valence-corrected chi connectivity index (χ4v) is 2.75. The van der Waals surface area contributed by atoms with Gasteiger partial charge in [0.05, 0.1) is 6.10 Å². The molecule has 0 saturated carbocycles. The van der Waals surface area contributed by atoms with E-state index in [9.17, 15) is 14.3 Å². The van der Waals surface area contributed by atoms with Crippen molar-refractivity contribution in [2.24, 2.45) is 0 Å². The van der Waals surface area contributed by atoms with Gasteiger partial charge in [0.2, 0.25) is 5.91 Å². The van der Waals surface area contributed by atoms with Gasteiger partial charge in [0, 0.05) is 50.4 Å². The summed E-state index contributed by atoms with van der Waals surface area (Å²) < 4.78 is 13.5. The number of nitrogens with one attached hydrogen (secondary N) is 1. The Morgan fingerprint density at radius 2 is 1.96 bits per heavy atom. The van der Waals surface area contributed by atoms with E-state index in [-0.39, 0.29) is 11.5 Å². The van der Waals surface area contributed by atoms with Crippen molar-refractivity contribution in [3.8, 4) is 0 Å². The van der Waals surface area contributed by atoms with Gasteiger partial charge in [0.15, 0.2) is 0 Å². The summed E-state index contributed by atoms with van der Waals surface area (Å²) in [5, 5.41) is 12.3. The zero-order chi connectivity index (χ0) is 16.8. The summed E-state index contributed by atoms with van der Waals surface area (Å²) in [5.74, 6) is -0.558. The average Bonchev–Trinajstić information content (AvgIpc) is 2.55. The number of anilines is 1. The summed E-state index contributed by atoms with van der Waals surface area (Å²) in [6.45, 7) is 9.54. The third kappa shape index (κ3) is 5.27. The van der Waals surface area contributed by atoms with Crippen molar-refractivity contribution < 1.29 is 14.3 Å². The Morgan fingerprint density at radius 1 is 1.30 bits per heavy atom. The molecule has 1 aromatic rings. The number of rotatable bonds is 6. The number of aliphatic hydroxyl groups is 1. The van der Waals surface area contributed by atoms with Crippen LogP contribution in [0.2, 0.25) is 0 Å². The van der Waals surface area contributed by atoms with Gasteiger partial charge in [-0.25, -0.2) is 4.39 Å². The van der Waals surface area contributed by atoms with Crippen molar-refractivity contribution in [3.63, 3.8) is 0 Å². The lowest BCUT2D eigenvalue weighted by molar-refractivity contribution is -0.116. The van der Waals surface area contributed by atoms with E-state index in [4.69, 9.17) is 0 Å². The van der Waals surface area contributed by atoms with Gasteiger partial charge in [-0.1, -0.05) is 6.92 Å². The molecule has 23 heavy (non-hydrogen) atoms. The number of aliphatic hydroxyl groups excluding tert-OH is 1. The molecule has 1 aliphatic heterocycles. The normalized spacial score (nSPS) is 17.9. The maximum absolute atomic E-state index is 13.5. The first kappa shape index (κ1) is 17.8. The highest BCUT2D eigenvalue weighted by atomic mass is 19.1. The molecule has 0 radical (unpaired) electrons. The molecule has 0 aromatic heterocycles. The predicted molar refractivity (Wildman–Crippen MR) is 88.8 cm³/mol. The fraction of sp³-hybridized carbons (Fsp3) is 0.588. The SMILES string of the molecule is CCN1CCN(CCC(=O)Nc2ccc(F)c([C@@H](C)O)c2)CC1. The van der Waals surface area contributed by atoms with Crippen LogP contribution >= 0.6 is 0 Å². The quantitative estimate of drug-likeness (QED) is 0.839. The van der Waals surface area contributed by atoms with Crippen LogP contribution in [0.3, 0.4) is 0 Å². The standard InChI is InChI=1S/C17H26FN3O2/c1-3-20-8-10-21(11-9-20)7-6-17(23)19-14-4-5-16(18)15(12-14)13(2)22/h4-5,12-13,22H,3,6-11H2,1-2H3,(H,19,23)/t13-/m1/s1. The second kappa shape index (κ2) is 8.38. The minimum absolute atomic E-state index is 0.0916. The van der Waals surface area contributed by atoms with Gasteiger partial charge in [-0.2, -0.15) is 0 Å². The van der Waals surface area contributed by atoms with Gasteiger partial charge in [0.1, 0.15) is 5.82 Å². The minimum Gasteiger partial charge on any atom is -0.389 e. The summed E-state index contributed by atoms with van der Waals surface area (Å²) in [6.07, 6.45) is -0.491. The number of halogens is 1. The van der Waals surface area contributed by atoms with Crippen LogP contribution in [0.15, 0.2) is 18.2 Å². The number of nitrogens with zero attached hydrogens (tertiary/aromatic N) is 2. The topological polar surface area (TPSA) is 55.8 Å². The van der Waals surface area contributed by atoms with Crippen LogP contribution in [0.1, 0.15) is 31.9 Å². The third-order valence-electron chi connectivity index (χ3n) is 4.30. The van der Waals surface area contributed by atoms with E-state index in [1.165, 1.54) is 25.1 Å². The number of amides is 1. The molecule has 0 aliphatic carbocycles. The van der Waals surface area contributed by atoms with Gasteiger partial charge in [0.25, 0.3) is 0 Å². The molecule has 128 valence electrons. The van der Waals surface area contributed by atoms with Crippen LogP contribution in [0.25, 0.3) is 0 Å². The predicted octanol–water partition coefficient (Wildman–Crippen LogP) is 1.85. The Labute approximate surface area is 137 Å². The highest BCUT2D eigenvalue weighted by Gasteiger charge is 2.16. The summed E-state index contributed by atoms with van der Waals surface area (Å²) in [7, 11) is 0. The Hall–Kier alpha value is -1.50. The fourth-order valence-electron chi connectivity index (χ4n) is 2.75. The molecule has 1 aliphatic rings. The Balaban J connectivity index is 1.80. The molecule has 1 fully saturated rings. The van der Waals surface area contributed by atoms with E-state index < -0.39 is 11.9 Å². The molecule has 1 heterocycles. The van der Waals surface area contributed by atoms with Crippen molar-refractivity contribution >= 4 is 11.6 Å². The molecule has 5 nitrogen and oxygen atoms in total. The van der Waals surface area contributed by atoms with Crippen LogP contribution in [0.4, 0.5) is 10.1 Å². The molecule has 1 atom stereocenters. The number of benzene rings is 1. The van der Waals surface area contributed by atoms with E-state index in [0.717, 1.165) is 39.3 Å². The van der Waals surface area contributed by atoms with Crippen molar-refractivity contribution in [3.05, 3.63) is 29.6 Å². The number of piperazine rings is 1. The molecule has 2 N–H and O–H groups in total. The van der Waals surface area contributed by atoms with Gasteiger partial charge in [-0.15, -0.1) is 0 Å². The highest BCUT2D eigenvalue weighted by molar-refractivity contribution is 5.90. The molecule has 0 spiro atoms. The van der Waals surface area contributed by atoms with E-state index >= 15 is 0 Å². The van der Waals surface area contributed by atoms with E-state index in [0.29, 0.717) is 12.1 Å². The molecular formula is C17H26FN3O2. The first-order valence-corrected chi connectivity index (χ1v) is 8.21. The number of hydrogen-bond donors (Lipinski definition) is 2. The lowest BCUT2D eigenvalue weighted by Gasteiger charge is -2.33. The summed E-state index contributed by atoms with van der Waals surface area (Å²) in [5.41, 5.74) is 0.710. The molecular weight excluding hydrogens is 297 g/mol. The van der Waals surface area contributed by atoms with Gasteiger partial charge in [-0.3, -0.25) is 4.79 Å². The number of carbonyl (C=O) groups excluding carboxylic acids is 1. The minimum atomic E-state index is -0.901. The maximum atomic E-state index is 13.5. The Kier molecular flexibility index (Phi) is 6.50. The second-order valence-electron chi connectivity index (χ2n) is 5.99. The molecule has 1 aromatic carbocycles. The van der Waals surface area contributed by atoms with Gasteiger partial charge < -0.3 is 20.2 Å². The summed E-state index contributed by atoms with van der Waals surface area (Å²) in [4.78, 5) is 16.7. The van der Waals surface area contributed by atoms with Crippen LogP contribution in [0, 0.1) is 5.82 Å². The lowest BCUT2D eigenvalue weighted by atomic mass is 10.1. The number of hydrogen-bond acceptors (Lipinski definition) is 4. The molecule has 0 unspecified atom stereocenters. The number of carbonyl (C=O) groups is 1. The van der Waals surface area contributed by atoms with Crippen LogP contribution in [-0.2, 0) is 4.79 Å². The van der Waals surface area contributed by atoms with E-state index in [1.54, 1.807) is 0 Å². The van der Waals surface area contributed by atoms with Crippen molar-refractivity contribution in [2.45, 2.75) is 26.4 Å².